The first kappa shape index (κ1) is 16.7. The molecule has 0 bridgehead atoms. The van der Waals surface area contributed by atoms with Gasteiger partial charge in [0, 0.05) is 0 Å². The van der Waals surface area contributed by atoms with Gasteiger partial charge in [-0.2, -0.15) is 8.78 Å². The molecule has 1 atom stereocenters. The maximum atomic E-state index is 12.6. The van der Waals surface area contributed by atoms with E-state index in [0.29, 0.717) is 5.76 Å². The Balaban J connectivity index is 1.89. The summed E-state index contributed by atoms with van der Waals surface area (Å²) in [7, 11) is 0. The van der Waals surface area contributed by atoms with Gasteiger partial charge in [0.1, 0.15) is 17.6 Å². The number of rotatable bonds is 6. The van der Waals surface area contributed by atoms with E-state index in [1.807, 2.05) is 30.3 Å². The zero-order valence-corrected chi connectivity index (χ0v) is 13.1. The van der Waals surface area contributed by atoms with Crippen molar-refractivity contribution < 1.29 is 22.7 Å². The molecular formula is C19H15F2NO3. The van der Waals surface area contributed by atoms with Gasteiger partial charge in [-0.15, -0.1) is 0 Å². The van der Waals surface area contributed by atoms with E-state index in [4.69, 9.17) is 4.42 Å². The first-order chi connectivity index (χ1) is 12.1. The zero-order chi connectivity index (χ0) is 17.6. The zero-order valence-electron chi connectivity index (χ0n) is 13.1. The molecular weight excluding hydrogens is 328 g/mol. The van der Waals surface area contributed by atoms with Crippen molar-refractivity contribution >= 4 is 5.91 Å². The fourth-order valence-electron chi connectivity index (χ4n) is 2.48. The number of benzene rings is 2. The van der Waals surface area contributed by atoms with E-state index in [1.54, 1.807) is 18.2 Å². The topological polar surface area (TPSA) is 51.5 Å². The molecule has 0 fully saturated rings. The van der Waals surface area contributed by atoms with Crippen LogP contribution in [0.5, 0.6) is 5.75 Å². The van der Waals surface area contributed by atoms with Crippen LogP contribution in [0.15, 0.2) is 77.4 Å². The molecule has 4 nitrogen and oxygen atoms in total. The van der Waals surface area contributed by atoms with Gasteiger partial charge < -0.3 is 14.5 Å². The van der Waals surface area contributed by atoms with Crippen LogP contribution in [0, 0.1) is 0 Å². The average molecular weight is 343 g/mol. The van der Waals surface area contributed by atoms with Crippen LogP contribution in [0.3, 0.4) is 0 Å². The molecule has 0 aliphatic heterocycles. The number of amides is 1. The van der Waals surface area contributed by atoms with E-state index >= 15 is 0 Å². The lowest BCUT2D eigenvalue weighted by molar-refractivity contribution is -0.0501. The monoisotopic (exact) mass is 343 g/mol. The third-order valence-electron chi connectivity index (χ3n) is 3.58. The maximum absolute atomic E-state index is 12.6. The standard InChI is InChI=1S/C19H15F2NO3/c20-19(21)25-15-10-5-4-9-14(15)18(23)22-17(16-11-6-12-24-16)13-7-2-1-3-8-13/h1-12,17,19H,(H,22,23). The summed E-state index contributed by atoms with van der Waals surface area (Å²) in [6.07, 6.45) is 1.51. The number of nitrogens with one attached hydrogen (secondary N) is 1. The highest BCUT2D eigenvalue weighted by atomic mass is 19.3. The highest BCUT2D eigenvalue weighted by molar-refractivity contribution is 5.97. The van der Waals surface area contributed by atoms with E-state index < -0.39 is 18.6 Å². The Kier molecular flexibility index (Phi) is 5.09. The number of carbonyl (C=O) groups excluding carboxylic acids is 1. The minimum Gasteiger partial charge on any atom is -0.467 e. The molecule has 0 spiro atoms. The van der Waals surface area contributed by atoms with Gasteiger partial charge in [-0.05, 0) is 29.8 Å². The van der Waals surface area contributed by atoms with Crippen molar-refractivity contribution in [2.75, 3.05) is 0 Å². The van der Waals surface area contributed by atoms with Crippen molar-refractivity contribution in [3.8, 4) is 5.75 Å². The number of hydrogen-bond donors (Lipinski definition) is 1. The highest BCUT2D eigenvalue weighted by Crippen LogP contribution is 2.25. The third kappa shape index (κ3) is 4.03. The van der Waals surface area contributed by atoms with E-state index in [2.05, 4.69) is 10.1 Å². The third-order valence-corrected chi connectivity index (χ3v) is 3.58. The average Bonchev–Trinajstić information content (AvgIpc) is 3.14. The SMILES string of the molecule is O=C(NC(c1ccccc1)c1ccco1)c1ccccc1OC(F)F. The second kappa shape index (κ2) is 7.61. The highest BCUT2D eigenvalue weighted by Gasteiger charge is 2.22. The Morgan fingerprint density at radius 1 is 0.960 bits per heavy atom. The normalized spacial score (nSPS) is 12.0. The van der Waals surface area contributed by atoms with E-state index in [9.17, 15) is 13.6 Å². The summed E-state index contributed by atoms with van der Waals surface area (Å²) in [5.74, 6) is -0.186. The van der Waals surface area contributed by atoms with Gasteiger partial charge in [0.2, 0.25) is 0 Å². The van der Waals surface area contributed by atoms with Crippen LogP contribution in [0.25, 0.3) is 0 Å². The summed E-state index contributed by atoms with van der Waals surface area (Å²) >= 11 is 0. The molecule has 25 heavy (non-hydrogen) atoms. The quantitative estimate of drug-likeness (QED) is 0.722. The molecule has 128 valence electrons. The summed E-state index contributed by atoms with van der Waals surface area (Å²) in [4.78, 5) is 12.6. The molecule has 0 radical (unpaired) electrons. The molecule has 1 heterocycles. The van der Waals surface area contributed by atoms with E-state index in [1.165, 1.54) is 24.5 Å². The number of ether oxygens (including phenoxy) is 1. The first-order valence-electron chi connectivity index (χ1n) is 7.58. The molecule has 0 aliphatic rings. The molecule has 0 aliphatic carbocycles. The number of carbonyl (C=O) groups is 1. The molecule has 1 N–H and O–H groups in total. The Bertz CT molecular complexity index is 820. The van der Waals surface area contributed by atoms with Gasteiger partial charge in [0.05, 0.1) is 11.8 Å². The molecule has 2 aromatic carbocycles. The lowest BCUT2D eigenvalue weighted by Crippen LogP contribution is -2.29. The van der Waals surface area contributed by atoms with Crippen molar-refractivity contribution in [3.05, 3.63) is 89.9 Å². The van der Waals surface area contributed by atoms with Crippen LogP contribution in [0.1, 0.15) is 27.7 Å². The number of alkyl halides is 2. The number of furan rings is 1. The molecule has 0 saturated carbocycles. The van der Waals surface area contributed by atoms with Crippen molar-refractivity contribution in [3.63, 3.8) is 0 Å². The van der Waals surface area contributed by atoms with Crippen LogP contribution in [-0.2, 0) is 0 Å². The van der Waals surface area contributed by atoms with Crippen LogP contribution >= 0.6 is 0 Å². The van der Waals surface area contributed by atoms with Gasteiger partial charge in [0.25, 0.3) is 5.91 Å². The minimum absolute atomic E-state index is 0.0234. The van der Waals surface area contributed by atoms with Crippen molar-refractivity contribution in [2.45, 2.75) is 12.7 Å². The summed E-state index contributed by atoms with van der Waals surface area (Å²) in [6.45, 7) is -3.01. The van der Waals surface area contributed by atoms with Crippen LogP contribution in [0.2, 0.25) is 0 Å². The van der Waals surface area contributed by atoms with Gasteiger partial charge >= 0.3 is 6.61 Å². The van der Waals surface area contributed by atoms with Crippen LogP contribution in [-0.4, -0.2) is 12.5 Å². The van der Waals surface area contributed by atoms with Crippen molar-refractivity contribution in [2.24, 2.45) is 0 Å². The lowest BCUT2D eigenvalue weighted by Gasteiger charge is -2.18. The molecule has 3 aromatic rings. The van der Waals surface area contributed by atoms with E-state index in [0.717, 1.165) is 5.56 Å². The summed E-state index contributed by atoms with van der Waals surface area (Å²) in [5, 5.41) is 2.81. The molecule has 6 heteroatoms. The smallest absolute Gasteiger partial charge is 0.387 e. The Morgan fingerprint density at radius 2 is 1.68 bits per heavy atom. The molecule has 1 amide bonds. The predicted molar refractivity (Wildman–Crippen MR) is 87.5 cm³/mol. The summed E-state index contributed by atoms with van der Waals surface area (Å²) in [6, 6.07) is 18.0. The van der Waals surface area contributed by atoms with Crippen LogP contribution < -0.4 is 10.1 Å². The Hall–Kier alpha value is -3.15. The van der Waals surface area contributed by atoms with Gasteiger partial charge in [-0.3, -0.25) is 4.79 Å². The Morgan fingerprint density at radius 3 is 2.36 bits per heavy atom. The lowest BCUT2D eigenvalue weighted by atomic mass is 10.0. The van der Waals surface area contributed by atoms with Crippen LogP contribution in [0.4, 0.5) is 8.78 Å². The number of hydrogen-bond acceptors (Lipinski definition) is 3. The molecule has 1 unspecified atom stereocenters. The van der Waals surface area contributed by atoms with E-state index in [-0.39, 0.29) is 11.3 Å². The minimum atomic E-state index is -3.01. The van der Waals surface area contributed by atoms with Crippen molar-refractivity contribution in [1.29, 1.82) is 0 Å². The second-order valence-corrected chi connectivity index (χ2v) is 5.21. The van der Waals surface area contributed by atoms with Gasteiger partial charge in [-0.1, -0.05) is 42.5 Å². The Labute approximate surface area is 143 Å². The van der Waals surface area contributed by atoms with Crippen molar-refractivity contribution in [1.82, 2.24) is 5.32 Å². The molecule has 0 saturated heterocycles. The second-order valence-electron chi connectivity index (χ2n) is 5.21. The first-order valence-corrected chi connectivity index (χ1v) is 7.58. The largest absolute Gasteiger partial charge is 0.467 e. The maximum Gasteiger partial charge on any atom is 0.387 e. The summed E-state index contributed by atoms with van der Waals surface area (Å²) in [5.41, 5.74) is 0.827. The number of para-hydroxylation sites is 1. The predicted octanol–water partition coefficient (Wildman–Crippen LogP) is 4.40. The molecule has 1 aromatic heterocycles. The fraction of sp³-hybridized carbons (Fsp3) is 0.105. The summed E-state index contributed by atoms with van der Waals surface area (Å²) < 4.78 is 34.9. The number of halogens is 2. The van der Waals surface area contributed by atoms with Gasteiger partial charge in [-0.25, -0.2) is 0 Å². The molecule has 3 rings (SSSR count). The fourth-order valence-corrected chi connectivity index (χ4v) is 2.48. The van der Waals surface area contributed by atoms with Gasteiger partial charge in [0.15, 0.2) is 0 Å².